The van der Waals surface area contributed by atoms with Crippen LogP contribution in [0.4, 0.5) is 0 Å². The summed E-state index contributed by atoms with van der Waals surface area (Å²) in [4.78, 5) is 26.6. The van der Waals surface area contributed by atoms with E-state index < -0.39 is 6.04 Å². The molecule has 0 saturated carbocycles. The number of nitrogens with two attached hydrogens (primary N) is 1. The van der Waals surface area contributed by atoms with Gasteiger partial charge < -0.3 is 15.4 Å². The molecule has 5 nitrogen and oxygen atoms in total. The van der Waals surface area contributed by atoms with Crippen LogP contribution in [0.5, 0.6) is 0 Å². The number of unbranched alkanes of at least 4 members (excludes halogenated alkanes) is 17. The Morgan fingerprint density at radius 3 is 1.42 bits per heavy atom. The van der Waals surface area contributed by atoms with E-state index in [1.165, 1.54) is 89.9 Å². The Balaban J connectivity index is 3.59. The van der Waals surface area contributed by atoms with Gasteiger partial charge in [0.15, 0.2) is 0 Å². The van der Waals surface area contributed by atoms with Gasteiger partial charge in [-0.2, -0.15) is 0 Å². The minimum Gasteiger partial charge on any atom is -0.466 e. The van der Waals surface area contributed by atoms with Crippen molar-refractivity contribution in [3.05, 3.63) is 0 Å². The van der Waals surface area contributed by atoms with Crippen molar-refractivity contribution in [1.82, 2.24) is 4.90 Å². The fraction of sp³-hybridized carbons (Fsp3) is 0.935. The lowest BCUT2D eigenvalue weighted by molar-refractivity contribution is -0.144. The molecular formula is C31H62N2O3. The molecule has 0 aliphatic heterocycles. The molecule has 1 amide bonds. The first-order valence-electron chi connectivity index (χ1n) is 15.8. The molecule has 214 valence electrons. The average Bonchev–Trinajstić information content (AvgIpc) is 2.88. The predicted molar refractivity (Wildman–Crippen MR) is 154 cm³/mol. The molecule has 0 radical (unpaired) electrons. The third-order valence-corrected chi connectivity index (χ3v) is 7.11. The van der Waals surface area contributed by atoms with Crippen LogP contribution in [-0.2, 0) is 14.3 Å². The molecule has 0 fully saturated rings. The maximum absolute atomic E-state index is 12.6. The van der Waals surface area contributed by atoms with Crippen molar-refractivity contribution in [2.75, 3.05) is 19.7 Å². The van der Waals surface area contributed by atoms with Crippen LogP contribution in [0, 0.1) is 0 Å². The van der Waals surface area contributed by atoms with Crippen LogP contribution in [-0.4, -0.2) is 42.5 Å². The Morgan fingerprint density at radius 1 is 0.611 bits per heavy atom. The van der Waals surface area contributed by atoms with E-state index in [0.29, 0.717) is 13.0 Å². The lowest BCUT2D eigenvalue weighted by atomic mass is 10.0. The molecule has 0 unspecified atom stereocenters. The summed E-state index contributed by atoms with van der Waals surface area (Å²) >= 11 is 0. The van der Waals surface area contributed by atoms with Gasteiger partial charge in [-0.15, -0.1) is 0 Å². The first-order valence-corrected chi connectivity index (χ1v) is 15.8. The first-order chi connectivity index (χ1) is 17.6. The van der Waals surface area contributed by atoms with Crippen molar-refractivity contribution in [2.45, 2.75) is 168 Å². The highest BCUT2D eigenvalue weighted by atomic mass is 16.5. The van der Waals surface area contributed by atoms with Crippen molar-refractivity contribution >= 4 is 11.9 Å². The molecule has 0 rings (SSSR count). The van der Waals surface area contributed by atoms with E-state index >= 15 is 0 Å². The Morgan fingerprint density at radius 2 is 1.00 bits per heavy atom. The minimum absolute atomic E-state index is 0.0255. The molecule has 1 atom stereocenters. The van der Waals surface area contributed by atoms with Crippen LogP contribution in [0.1, 0.15) is 162 Å². The van der Waals surface area contributed by atoms with Gasteiger partial charge in [0.25, 0.3) is 0 Å². The minimum atomic E-state index is -0.609. The Labute approximate surface area is 224 Å². The topological polar surface area (TPSA) is 72.6 Å². The molecule has 0 saturated heterocycles. The van der Waals surface area contributed by atoms with Gasteiger partial charge >= 0.3 is 5.97 Å². The SMILES string of the molecule is CCCCCCCCCCCCCCCCCCOC(=O)CC[C@H](N)C(=O)N(CCCC)CCCC. The number of amides is 1. The van der Waals surface area contributed by atoms with Gasteiger partial charge in [0.2, 0.25) is 5.91 Å². The first kappa shape index (κ1) is 34.9. The Kier molecular flexibility index (Phi) is 26.1. The number of hydrogen-bond donors (Lipinski definition) is 1. The van der Waals surface area contributed by atoms with Gasteiger partial charge in [-0.25, -0.2) is 0 Å². The average molecular weight is 511 g/mol. The fourth-order valence-corrected chi connectivity index (χ4v) is 4.57. The largest absolute Gasteiger partial charge is 0.466 e. The van der Waals surface area contributed by atoms with Crippen LogP contribution in [0.3, 0.4) is 0 Å². The van der Waals surface area contributed by atoms with E-state index in [9.17, 15) is 9.59 Å². The number of rotatable bonds is 27. The quantitative estimate of drug-likeness (QED) is 0.0890. The Hall–Kier alpha value is -1.10. The smallest absolute Gasteiger partial charge is 0.305 e. The van der Waals surface area contributed by atoms with E-state index in [1.807, 2.05) is 4.90 Å². The van der Waals surface area contributed by atoms with E-state index in [-0.39, 0.29) is 18.3 Å². The molecule has 0 aromatic carbocycles. The number of ether oxygens (including phenoxy) is 1. The second-order valence-corrected chi connectivity index (χ2v) is 10.7. The summed E-state index contributed by atoms with van der Waals surface area (Å²) in [5.41, 5.74) is 6.11. The van der Waals surface area contributed by atoms with Crippen molar-refractivity contribution < 1.29 is 14.3 Å². The van der Waals surface area contributed by atoms with Gasteiger partial charge in [0.05, 0.1) is 12.6 Å². The molecule has 2 N–H and O–H groups in total. The molecule has 0 spiro atoms. The molecule has 0 bridgehead atoms. The van der Waals surface area contributed by atoms with Gasteiger partial charge in [0, 0.05) is 19.5 Å². The highest BCUT2D eigenvalue weighted by Crippen LogP contribution is 2.14. The van der Waals surface area contributed by atoms with E-state index in [2.05, 4.69) is 20.8 Å². The molecule has 0 heterocycles. The fourth-order valence-electron chi connectivity index (χ4n) is 4.57. The van der Waals surface area contributed by atoms with Gasteiger partial charge in [-0.1, -0.05) is 130 Å². The van der Waals surface area contributed by atoms with E-state index in [1.54, 1.807) is 0 Å². The lowest BCUT2D eigenvalue weighted by Crippen LogP contribution is -2.44. The molecule has 0 aliphatic carbocycles. The van der Waals surface area contributed by atoms with Crippen LogP contribution in [0.15, 0.2) is 0 Å². The van der Waals surface area contributed by atoms with Crippen molar-refractivity contribution in [3.63, 3.8) is 0 Å². The molecule has 0 aliphatic rings. The Bertz CT molecular complexity index is 490. The van der Waals surface area contributed by atoms with E-state index in [4.69, 9.17) is 10.5 Å². The van der Waals surface area contributed by atoms with Gasteiger partial charge in [-0.05, 0) is 25.7 Å². The van der Waals surface area contributed by atoms with Crippen LogP contribution in [0.25, 0.3) is 0 Å². The van der Waals surface area contributed by atoms with Gasteiger partial charge in [0.1, 0.15) is 0 Å². The van der Waals surface area contributed by atoms with Crippen LogP contribution >= 0.6 is 0 Å². The molecule has 0 aromatic rings. The summed E-state index contributed by atoms with van der Waals surface area (Å²) < 4.78 is 5.36. The van der Waals surface area contributed by atoms with Crippen molar-refractivity contribution in [2.24, 2.45) is 5.73 Å². The number of hydrogen-bond acceptors (Lipinski definition) is 4. The zero-order valence-corrected chi connectivity index (χ0v) is 24.5. The highest BCUT2D eigenvalue weighted by Gasteiger charge is 2.21. The van der Waals surface area contributed by atoms with Crippen molar-refractivity contribution in [3.8, 4) is 0 Å². The number of esters is 1. The maximum Gasteiger partial charge on any atom is 0.305 e. The van der Waals surface area contributed by atoms with E-state index in [0.717, 1.165) is 51.6 Å². The number of carbonyl (C=O) groups excluding carboxylic acids is 2. The molecule has 5 heteroatoms. The third kappa shape index (κ3) is 22.1. The summed E-state index contributed by atoms with van der Waals surface area (Å²) in [7, 11) is 0. The van der Waals surface area contributed by atoms with Gasteiger partial charge in [-0.3, -0.25) is 9.59 Å². The lowest BCUT2D eigenvalue weighted by Gasteiger charge is -2.25. The monoisotopic (exact) mass is 510 g/mol. The van der Waals surface area contributed by atoms with Crippen molar-refractivity contribution in [1.29, 1.82) is 0 Å². The molecule has 36 heavy (non-hydrogen) atoms. The third-order valence-electron chi connectivity index (χ3n) is 7.11. The number of carbonyl (C=O) groups is 2. The summed E-state index contributed by atoms with van der Waals surface area (Å²) in [6, 6.07) is -0.609. The molecular weight excluding hydrogens is 448 g/mol. The second-order valence-electron chi connectivity index (χ2n) is 10.7. The summed E-state index contributed by atoms with van der Waals surface area (Å²) in [6.45, 7) is 8.52. The summed E-state index contributed by atoms with van der Waals surface area (Å²) in [5.74, 6) is -0.254. The number of nitrogens with zero attached hydrogens (tertiary/aromatic N) is 1. The maximum atomic E-state index is 12.6. The summed E-state index contributed by atoms with van der Waals surface area (Å²) in [6.07, 6.45) is 26.0. The highest BCUT2D eigenvalue weighted by molar-refractivity contribution is 5.82. The van der Waals surface area contributed by atoms with Crippen LogP contribution in [0.2, 0.25) is 0 Å². The normalized spacial score (nSPS) is 12.0. The second kappa shape index (κ2) is 26.9. The summed E-state index contributed by atoms with van der Waals surface area (Å²) in [5, 5.41) is 0. The standard InChI is InChI=1S/C31H62N2O3/c1-4-7-10-11-12-13-14-15-16-17-18-19-20-21-22-23-28-36-30(34)25-24-29(32)31(35)33(26-8-5-2)27-9-6-3/h29H,4-28,32H2,1-3H3/t29-/m0/s1. The molecule has 0 aromatic heterocycles. The predicted octanol–water partition coefficient (Wildman–Crippen LogP) is 8.33. The van der Waals surface area contributed by atoms with Crippen LogP contribution < -0.4 is 5.73 Å². The zero-order valence-electron chi connectivity index (χ0n) is 24.5. The zero-order chi connectivity index (χ0) is 26.7.